The molecular weight excluding hydrogens is 360 g/mol. The molecule has 3 saturated carbocycles. The Hall–Kier alpha value is -0.230. The summed E-state index contributed by atoms with van der Waals surface area (Å²) in [6.45, 7) is 12.4. The molecule has 0 aliphatic heterocycles. The molecule has 4 aliphatic carbocycles. The van der Waals surface area contributed by atoms with E-state index in [9.17, 15) is 0 Å². The van der Waals surface area contributed by atoms with Crippen molar-refractivity contribution in [2.75, 3.05) is 0 Å². The summed E-state index contributed by atoms with van der Waals surface area (Å²) in [6.07, 6.45) is 17.5. The predicted molar refractivity (Wildman–Crippen MR) is 123 cm³/mol. The maximum absolute atomic E-state index is 6.55. The van der Waals surface area contributed by atoms with Gasteiger partial charge in [-0.1, -0.05) is 56.9 Å². The standard InChI is InChI=1S/C27H43Cl/c1-18(2)7-6-8-19(3)23-11-12-24-22-10-9-20-17-21(28)13-15-26(20,4)25(22)14-16-27(23,24)5/h9,18,21-22,24-25H,6-8,10-17H2,1-5H3/b23-19+/t21-,22?,24?,25-,26-,27+/m0/s1. The first-order chi connectivity index (χ1) is 13.3. The van der Waals surface area contributed by atoms with E-state index in [-0.39, 0.29) is 0 Å². The lowest BCUT2D eigenvalue weighted by Crippen LogP contribution is -2.49. The van der Waals surface area contributed by atoms with Crippen molar-refractivity contribution in [3.05, 3.63) is 22.8 Å². The van der Waals surface area contributed by atoms with Crippen LogP contribution >= 0.6 is 11.6 Å². The molecule has 0 spiro atoms. The summed E-state index contributed by atoms with van der Waals surface area (Å²) in [4.78, 5) is 0. The molecule has 0 nitrogen and oxygen atoms in total. The number of rotatable bonds is 4. The smallest absolute Gasteiger partial charge is 0.0373 e. The van der Waals surface area contributed by atoms with Crippen molar-refractivity contribution in [2.24, 2.45) is 34.5 Å². The summed E-state index contributed by atoms with van der Waals surface area (Å²) in [5, 5.41) is 0.388. The molecule has 4 rings (SSSR count). The van der Waals surface area contributed by atoms with Crippen LogP contribution in [0.5, 0.6) is 0 Å². The molecule has 158 valence electrons. The molecule has 6 atom stereocenters. The quantitative estimate of drug-likeness (QED) is 0.325. The second kappa shape index (κ2) is 7.79. The van der Waals surface area contributed by atoms with Gasteiger partial charge in [0.25, 0.3) is 0 Å². The van der Waals surface area contributed by atoms with Gasteiger partial charge in [0.15, 0.2) is 0 Å². The molecule has 0 bridgehead atoms. The highest BCUT2D eigenvalue weighted by atomic mass is 35.5. The fourth-order valence-corrected chi connectivity index (χ4v) is 8.33. The molecule has 28 heavy (non-hydrogen) atoms. The van der Waals surface area contributed by atoms with Crippen LogP contribution in [0.3, 0.4) is 0 Å². The minimum atomic E-state index is 0.388. The van der Waals surface area contributed by atoms with Crippen LogP contribution < -0.4 is 0 Å². The average molecular weight is 403 g/mol. The molecule has 0 radical (unpaired) electrons. The van der Waals surface area contributed by atoms with Crippen molar-refractivity contribution in [3.63, 3.8) is 0 Å². The zero-order valence-electron chi connectivity index (χ0n) is 19.1. The van der Waals surface area contributed by atoms with Gasteiger partial charge in [-0.3, -0.25) is 0 Å². The van der Waals surface area contributed by atoms with Crippen molar-refractivity contribution in [3.8, 4) is 0 Å². The first kappa shape index (κ1) is 21.0. The number of hydrogen-bond acceptors (Lipinski definition) is 0. The van der Waals surface area contributed by atoms with E-state index >= 15 is 0 Å². The van der Waals surface area contributed by atoms with Crippen LogP contribution in [0.15, 0.2) is 22.8 Å². The van der Waals surface area contributed by atoms with Crippen LogP contribution in [0.2, 0.25) is 0 Å². The minimum absolute atomic E-state index is 0.388. The lowest BCUT2D eigenvalue weighted by molar-refractivity contribution is -0.0135. The highest BCUT2D eigenvalue weighted by Gasteiger charge is 2.57. The highest BCUT2D eigenvalue weighted by Crippen LogP contribution is 2.66. The Morgan fingerprint density at radius 3 is 2.57 bits per heavy atom. The third kappa shape index (κ3) is 3.44. The molecule has 0 N–H and O–H groups in total. The Morgan fingerprint density at radius 2 is 1.82 bits per heavy atom. The van der Waals surface area contributed by atoms with Gasteiger partial charge in [0.1, 0.15) is 0 Å². The van der Waals surface area contributed by atoms with E-state index in [0.717, 1.165) is 30.1 Å². The van der Waals surface area contributed by atoms with Gasteiger partial charge in [-0.25, -0.2) is 0 Å². The number of hydrogen-bond donors (Lipinski definition) is 0. The fourth-order valence-electron chi connectivity index (χ4n) is 8.06. The van der Waals surface area contributed by atoms with Crippen LogP contribution in [0.1, 0.15) is 105 Å². The fraction of sp³-hybridized carbons (Fsp3) is 0.852. The number of fused-ring (bicyclic) bond motifs is 5. The summed E-state index contributed by atoms with van der Waals surface area (Å²) in [5.74, 6) is 3.59. The second-order valence-electron chi connectivity index (χ2n) is 11.6. The van der Waals surface area contributed by atoms with Crippen molar-refractivity contribution in [2.45, 2.75) is 111 Å². The van der Waals surface area contributed by atoms with Gasteiger partial charge < -0.3 is 0 Å². The molecule has 0 aromatic carbocycles. The maximum atomic E-state index is 6.55. The van der Waals surface area contributed by atoms with Crippen LogP contribution in [-0.4, -0.2) is 5.38 Å². The zero-order valence-corrected chi connectivity index (χ0v) is 19.9. The average Bonchev–Trinajstić information content (AvgIpc) is 2.99. The van der Waals surface area contributed by atoms with Gasteiger partial charge in [-0.2, -0.15) is 0 Å². The normalized spacial score (nSPS) is 44.6. The van der Waals surface area contributed by atoms with E-state index in [1.165, 1.54) is 64.2 Å². The van der Waals surface area contributed by atoms with Gasteiger partial charge in [-0.15, -0.1) is 11.6 Å². The summed E-state index contributed by atoms with van der Waals surface area (Å²) in [6, 6.07) is 0. The molecule has 4 aliphatic rings. The van der Waals surface area contributed by atoms with Crippen molar-refractivity contribution in [1.82, 2.24) is 0 Å². The lowest BCUT2D eigenvalue weighted by atomic mass is 9.48. The first-order valence-electron chi connectivity index (χ1n) is 12.3. The van der Waals surface area contributed by atoms with Crippen molar-refractivity contribution >= 4 is 11.6 Å². The molecule has 2 unspecified atom stereocenters. The Balaban J connectivity index is 1.55. The SMILES string of the molecule is C/C(CCCC(C)C)=C1/CCC2C3CC=C4C[C@@H](Cl)CC[C@]4(C)[C@H]3CC[C@]12C. The van der Waals surface area contributed by atoms with E-state index in [4.69, 9.17) is 11.6 Å². The van der Waals surface area contributed by atoms with E-state index in [1.54, 1.807) is 11.1 Å². The van der Waals surface area contributed by atoms with Crippen LogP contribution in [0, 0.1) is 34.5 Å². The second-order valence-corrected chi connectivity index (χ2v) is 12.3. The molecular formula is C27H43Cl. The van der Waals surface area contributed by atoms with E-state index in [0.29, 0.717) is 16.2 Å². The van der Waals surface area contributed by atoms with Crippen molar-refractivity contribution in [1.29, 1.82) is 0 Å². The molecule has 1 heteroatoms. The largest absolute Gasteiger partial charge is 0.123 e. The van der Waals surface area contributed by atoms with Gasteiger partial charge >= 0.3 is 0 Å². The lowest BCUT2D eigenvalue weighted by Gasteiger charge is -2.57. The topological polar surface area (TPSA) is 0 Å². The van der Waals surface area contributed by atoms with Crippen LogP contribution in [0.25, 0.3) is 0 Å². The minimum Gasteiger partial charge on any atom is -0.123 e. The van der Waals surface area contributed by atoms with E-state index in [1.807, 2.05) is 5.57 Å². The van der Waals surface area contributed by atoms with Crippen molar-refractivity contribution < 1.29 is 0 Å². The summed E-state index contributed by atoms with van der Waals surface area (Å²) < 4.78 is 0. The Bertz CT molecular complexity index is 655. The highest BCUT2D eigenvalue weighted by molar-refractivity contribution is 6.20. The monoisotopic (exact) mass is 402 g/mol. The van der Waals surface area contributed by atoms with E-state index in [2.05, 4.69) is 40.7 Å². The Labute approximate surface area is 179 Å². The third-order valence-corrected chi connectivity index (χ3v) is 10.0. The maximum Gasteiger partial charge on any atom is 0.0373 e. The zero-order chi connectivity index (χ0) is 20.1. The number of alkyl halides is 1. The number of halogens is 1. The Kier molecular flexibility index (Phi) is 5.85. The van der Waals surface area contributed by atoms with Crippen LogP contribution in [0.4, 0.5) is 0 Å². The van der Waals surface area contributed by atoms with Gasteiger partial charge in [-0.05, 0) is 106 Å². The van der Waals surface area contributed by atoms with Gasteiger partial charge in [0.05, 0.1) is 0 Å². The summed E-state index contributed by atoms with van der Waals surface area (Å²) in [5.41, 5.74) is 6.31. The Morgan fingerprint density at radius 1 is 1.11 bits per heavy atom. The molecule has 3 fully saturated rings. The molecule has 0 heterocycles. The van der Waals surface area contributed by atoms with Crippen LogP contribution in [-0.2, 0) is 0 Å². The van der Waals surface area contributed by atoms with Gasteiger partial charge in [0.2, 0.25) is 0 Å². The summed E-state index contributed by atoms with van der Waals surface area (Å²) in [7, 11) is 0. The first-order valence-corrected chi connectivity index (χ1v) is 12.7. The predicted octanol–water partition coefficient (Wildman–Crippen LogP) is 8.70. The molecule has 0 saturated heterocycles. The molecule has 0 aromatic rings. The molecule has 0 amide bonds. The number of allylic oxidation sites excluding steroid dienone is 4. The van der Waals surface area contributed by atoms with Gasteiger partial charge in [0, 0.05) is 5.38 Å². The summed E-state index contributed by atoms with van der Waals surface area (Å²) >= 11 is 6.55. The third-order valence-electron chi connectivity index (χ3n) is 9.68. The van der Waals surface area contributed by atoms with E-state index < -0.39 is 0 Å². The molecule has 0 aromatic heterocycles.